The van der Waals surface area contributed by atoms with Gasteiger partial charge in [-0.05, 0) is 37.6 Å². The number of aryl methyl sites for hydroxylation is 1. The normalized spacial score (nSPS) is 16.5. The van der Waals surface area contributed by atoms with Crippen molar-refractivity contribution in [2.24, 2.45) is 0 Å². The molecule has 0 bridgehead atoms. The number of rotatable bonds is 6. The minimum atomic E-state index is 0.151. The molecule has 0 radical (unpaired) electrons. The summed E-state index contributed by atoms with van der Waals surface area (Å²) in [6.45, 7) is 3.76. The fourth-order valence-electron chi connectivity index (χ4n) is 3.53. The fraction of sp³-hybridized carbons (Fsp3) is 0.333. The van der Waals surface area contributed by atoms with Gasteiger partial charge in [0.2, 0.25) is 11.8 Å². The Morgan fingerprint density at radius 1 is 1.17 bits per heavy atom. The summed E-state index contributed by atoms with van der Waals surface area (Å²) in [4.78, 5) is 13.4. The molecule has 0 aliphatic carbocycles. The number of anilines is 1. The van der Waals surface area contributed by atoms with E-state index in [1.54, 1.807) is 10.7 Å². The molecule has 1 aliphatic rings. The van der Waals surface area contributed by atoms with Gasteiger partial charge in [-0.1, -0.05) is 6.07 Å². The zero-order chi connectivity index (χ0) is 20.5. The summed E-state index contributed by atoms with van der Waals surface area (Å²) in [5.41, 5.74) is 9.30. The molecule has 2 N–H and O–H groups in total. The molecular weight excluding hydrogens is 384 g/mol. The molecule has 1 atom stereocenters. The van der Waals surface area contributed by atoms with E-state index in [-0.39, 0.29) is 12.1 Å². The Balaban J connectivity index is 1.40. The van der Waals surface area contributed by atoms with E-state index in [0.29, 0.717) is 36.9 Å². The molecule has 0 unspecified atom stereocenters. The number of aromatic nitrogens is 5. The predicted octanol–water partition coefficient (Wildman–Crippen LogP) is 2.57. The lowest BCUT2D eigenvalue weighted by atomic mass is 10.1. The third kappa shape index (κ3) is 3.77. The van der Waals surface area contributed by atoms with Crippen molar-refractivity contribution >= 4 is 11.6 Å². The largest absolute Gasteiger partial charge is 0.458 e. The second kappa shape index (κ2) is 7.85. The van der Waals surface area contributed by atoms with Gasteiger partial charge in [0.25, 0.3) is 0 Å². The maximum absolute atomic E-state index is 5.97. The summed E-state index contributed by atoms with van der Waals surface area (Å²) in [7, 11) is 0. The first-order valence-corrected chi connectivity index (χ1v) is 9.87. The van der Waals surface area contributed by atoms with Crippen molar-refractivity contribution < 1.29 is 13.9 Å². The van der Waals surface area contributed by atoms with E-state index in [0.717, 1.165) is 35.7 Å². The van der Waals surface area contributed by atoms with Gasteiger partial charge >= 0.3 is 0 Å². The number of hydrogen-bond acceptors (Lipinski definition) is 8. The molecule has 4 aromatic rings. The number of hydrogen-bond donors (Lipinski definition) is 1. The summed E-state index contributed by atoms with van der Waals surface area (Å²) in [5, 5.41) is 4.46. The van der Waals surface area contributed by atoms with Crippen LogP contribution in [0.5, 0.6) is 0 Å². The first-order chi connectivity index (χ1) is 14.7. The molecule has 9 nitrogen and oxygen atoms in total. The van der Waals surface area contributed by atoms with Crippen LogP contribution in [0, 0.1) is 6.92 Å². The summed E-state index contributed by atoms with van der Waals surface area (Å²) < 4.78 is 18.6. The van der Waals surface area contributed by atoms with Crippen LogP contribution in [0.1, 0.15) is 29.1 Å². The van der Waals surface area contributed by atoms with E-state index in [2.05, 4.69) is 15.1 Å². The highest BCUT2D eigenvalue weighted by atomic mass is 16.5. The van der Waals surface area contributed by atoms with Gasteiger partial charge in [-0.2, -0.15) is 19.6 Å². The molecule has 1 fully saturated rings. The van der Waals surface area contributed by atoms with E-state index < -0.39 is 0 Å². The molecule has 1 saturated heterocycles. The maximum atomic E-state index is 5.97. The summed E-state index contributed by atoms with van der Waals surface area (Å²) in [6.07, 6.45) is 3.42. The Hall–Kier alpha value is -3.30. The van der Waals surface area contributed by atoms with Crippen LogP contribution in [0.15, 0.2) is 40.9 Å². The summed E-state index contributed by atoms with van der Waals surface area (Å²) in [6, 6.07) is 9.65. The van der Waals surface area contributed by atoms with Gasteiger partial charge in [0.15, 0.2) is 11.4 Å². The lowest BCUT2D eigenvalue weighted by Gasteiger charge is -2.10. The zero-order valence-corrected chi connectivity index (χ0v) is 16.6. The van der Waals surface area contributed by atoms with Crippen molar-refractivity contribution in [1.82, 2.24) is 24.6 Å². The highest BCUT2D eigenvalue weighted by molar-refractivity contribution is 5.59. The molecule has 0 aromatic carbocycles. The molecule has 5 heterocycles. The van der Waals surface area contributed by atoms with E-state index in [4.69, 9.17) is 24.6 Å². The van der Waals surface area contributed by atoms with Gasteiger partial charge in [-0.15, -0.1) is 0 Å². The van der Waals surface area contributed by atoms with Gasteiger partial charge < -0.3 is 19.6 Å². The average molecular weight is 406 g/mol. The standard InChI is InChI=1S/C21H22N6O3/c1-13-5-6-18(30-13)20-26-21(22)25-19-14(10-23-27(19)20)9-15-3-2-4-16(24-15)11-29-17-7-8-28-12-17/h2-6,10,17H,7-9,11-12H2,1H3,(H2,22,25)/t17-/m1/s1. The molecule has 154 valence electrons. The Bertz CT molecular complexity index is 1180. The fourth-order valence-corrected chi connectivity index (χ4v) is 3.53. The first-order valence-electron chi connectivity index (χ1n) is 9.87. The van der Waals surface area contributed by atoms with Gasteiger partial charge in [-0.3, -0.25) is 4.98 Å². The second-order valence-electron chi connectivity index (χ2n) is 7.31. The van der Waals surface area contributed by atoms with E-state index in [1.165, 1.54) is 0 Å². The molecule has 30 heavy (non-hydrogen) atoms. The zero-order valence-electron chi connectivity index (χ0n) is 16.6. The molecule has 0 saturated carbocycles. The lowest BCUT2D eigenvalue weighted by Crippen LogP contribution is -2.12. The smallest absolute Gasteiger partial charge is 0.224 e. The van der Waals surface area contributed by atoms with Gasteiger partial charge in [-0.25, -0.2) is 0 Å². The van der Waals surface area contributed by atoms with Crippen LogP contribution in [0.25, 0.3) is 17.2 Å². The molecule has 0 amide bonds. The predicted molar refractivity (Wildman–Crippen MR) is 109 cm³/mol. The van der Waals surface area contributed by atoms with Crippen molar-refractivity contribution in [1.29, 1.82) is 0 Å². The van der Waals surface area contributed by atoms with Crippen LogP contribution in [0.2, 0.25) is 0 Å². The third-order valence-electron chi connectivity index (χ3n) is 5.01. The van der Waals surface area contributed by atoms with Gasteiger partial charge in [0, 0.05) is 24.3 Å². The number of nitrogens with zero attached hydrogens (tertiary/aromatic N) is 5. The Morgan fingerprint density at radius 3 is 2.87 bits per heavy atom. The number of nitrogens with two attached hydrogens (primary N) is 1. The second-order valence-corrected chi connectivity index (χ2v) is 7.31. The van der Waals surface area contributed by atoms with Crippen molar-refractivity contribution in [3.05, 3.63) is 59.2 Å². The number of fused-ring (bicyclic) bond motifs is 1. The lowest BCUT2D eigenvalue weighted by molar-refractivity contribution is 0.0301. The van der Waals surface area contributed by atoms with Crippen molar-refractivity contribution in [3.8, 4) is 11.6 Å². The molecule has 9 heteroatoms. The number of pyridine rings is 1. The molecular formula is C21H22N6O3. The molecule has 5 rings (SSSR count). The van der Waals surface area contributed by atoms with Crippen LogP contribution in [0.4, 0.5) is 5.95 Å². The summed E-state index contributed by atoms with van der Waals surface area (Å²) >= 11 is 0. The Kier molecular flexibility index (Phi) is 4.89. The van der Waals surface area contributed by atoms with Crippen LogP contribution >= 0.6 is 0 Å². The highest BCUT2D eigenvalue weighted by Gasteiger charge is 2.18. The van der Waals surface area contributed by atoms with Crippen molar-refractivity contribution in [3.63, 3.8) is 0 Å². The first kappa shape index (κ1) is 18.7. The van der Waals surface area contributed by atoms with Crippen molar-refractivity contribution in [2.75, 3.05) is 18.9 Å². The minimum absolute atomic E-state index is 0.151. The highest BCUT2D eigenvalue weighted by Crippen LogP contribution is 2.23. The number of nitrogen functional groups attached to an aromatic ring is 1. The summed E-state index contributed by atoms with van der Waals surface area (Å²) in [5.74, 6) is 2.07. The molecule has 1 aliphatic heterocycles. The topological polar surface area (TPSA) is 114 Å². The van der Waals surface area contributed by atoms with Crippen LogP contribution < -0.4 is 5.73 Å². The maximum Gasteiger partial charge on any atom is 0.224 e. The van der Waals surface area contributed by atoms with Crippen LogP contribution in [-0.2, 0) is 22.5 Å². The number of furan rings is 1. The van der Waals surface area contributed by atoms with Crippen LogP contribution in [0.3, 0.4) is 0 Å². The van der Waals surface area contributed by atoms with Crippen molar-refractivity contribution in [2.45, 2.75) is 32.5 Å². The van der Waals surface area contributed by atoms with E-state index in [1.807, 2.05) is 37.3 Å². The average Bonchev–Trinajstić information content (AvgIpc) is 3.48. The quantitative estimate of drug-likeness (QED) is 0.520. The van der Waals surface area contributed by atoms with Crippen LogP contribution in [-0.4, -0.2) is 43.9 Å². The third-order valence-corrected chi connectivity index (χ3v) is 5.01. The number of ether oxygens (including phenoxy) is 2. The molecule has 0 spiro atoms. The van der Waals surface area contributed by atoms with Gasteiger partial charge in [0.1, 0.15) is 5.76 Å². The minimum Gasteiger partial charge on any atom is -0.458 e. The Labute approximate surface area is 172 Å². The monoisotopic (exact) mass is 406 g/mol. The van der Waals surface area contributed by atoms with E-state index in [9.17, 15) is 0 Å². The SMILES string of the molecule is Cc1ccc(-c2nc(N)nc3c(Cc4cccc(CO[C@@H]5CCOC5)n4)cnn23)o1. The molecule has 4 aromatic heterocycles. The van der Waals surface area contributed by atoms with Gasteiger partial charge in [0.05, 0.1) is 31.2 Å². The Morgan fingerprint density at radius 2 is 2.07 bits per heavy atom. The van der Waals surface area contributed by atoms with E-state index >= 15 is 0 Å².